The molecule has 1 heterocycles. The van der Waals surface area contributed by atoms with E-state index in [9.17, 15) is 13.2 Å². The summed E-state index contributed by atoms with van der Waals surface area (Å²) in [5.74, 6) is -0.794. The van der Waals surface area contributed by atoms with Gasteiger partial charge in [-0.05, 0) is 25.8 Å². The molecule has 2 rings (SSSR count). The van der Waals surface area contributed by atoms with E-state index in [1.165, 1.54) is 0 Å². The molecule has 1 saturated carbocycles. The third-order valence-electron chi connectivity index (χ3n) is 2.12. The molecule has 14 heavy (non-hydrogen) atoms. The van der Waals surface area contributed by atoms with Gasteiger partial charge in [-0.25, -0.2) is 9.97 Å². The first-order chi connectivity index (χ1) is 6.47. The van der Waals surface area contributed by atoms with Crippen LogP contribution in [-0.4, -0.2) is 9.97 Å². The van der Waals surface area contributed by atoms with Crippen LogP contribution in [-0.2, 0) is 6.18 Å². The molecule has 0 saturated heterocycles. The molecule has 0 radical (unpaired) electrons. The topological polar surface area (TPSA) is 25.8 Å². The SMILES string of the molecule is Cc1cc(C2CC2)nc(C(F)(F)F)n1. The number of nitrogens with zero attached hydrogens (tertiary/aromatic N) is 2. The minimum absolute atomic E-state index is 0.220. The van der Waals surface area contributed by atoms with Gasteiger partial charge in [0.2, 0.25) is 5.82 Å². The number of rotatable bonds is 1. The molecule has 5 heteroatoms. The highest BCUT2D eigenvalue weighted by Gasteiger charge is 2.36. The number of aryl methyl sites for hydroxylation is 1. The molecule has 0 amide bonds. The number of alkyl halides is 3. The van der Waals surface area contributed by atoms with E-state index in [4.69, 9.17) is 0 Å². The zero-order valence-corrected chi connectivity index (χ0v) is 7.60. The van der Waals surface area contributed by atoms with Gasteiger partial charge >= 0.3 is 6.18 Å². The fourth-order valence-corrected chi connectivity index (χ4v) is 1.31. The van der Waals surface area contributed by atoms with Crippen molar-refractivity contribution in [2.24, 2.45) is 0 Å². The predicted octanol–water partition coefficient (Wildman–Crippen LogP) is 2.68. The highest BCUT2D eigenvalue weighted by atomic mass is 19.4. The molecule has 1 fully saturated rings. The van der Waals surface area contributed by atoms with Crippen molar-refractivity contribution in [3.05, 3.63) is 23.3 Å². The Labute approximate surface area is 79.2 Å². The minimum Gasteiger partial charge on any atom is -0.230 e. The first-order valence-electron chi connectivity index (χ1n) is 4.39. The van der Waals surface area contributed by atoms with Crippen molar-refractivity contribution >= 4 is 0 Å². The average molecular weight is 202 g/mol. The van der Waals surface area contributed by atoms with Crippen LogP contribution in [0.1, 0.15) is 36.0 Å². The zero-order chi connectivity index (χ0) is 10.3. The Kier molecular flexibility index (Phi) is 1.97. The molecule has 0 N–H and O–H groups in total. The van der Waals surface area contributed by atoms with E-state index in [2.05, 4.69) is 9.97 Å². The molecule has 76 valence electrons. The molecular formula is C9H9F3N2. The van der Waals surface area contributed by atoms with Crippen LogP contribution in [0.5, 0.6) is 0 Å². The highest BCUT2D eigenvalue weighted by molar-refractivity contribution is 5.19. The molecule has 0 aliphatic heterocycles. The Balaban J connectivity index is 2.41. The molecule has 1 aromatic heterocycles. The first-order valence-corrected chi connectivity index (χ1v) is 4.39. The van der Waals surface area contributed by atoms with Crippen LogP contribution in [0.15, 0.2) is 6.07 Å². The van der Waals surface area contributed by atoms with E-state index in [0.717, 1.165) is 12.8 Å². The maximum Gasteiger partial charge on any atom is 0.451 e. The Hall–Kier alpha value is -1.13. The van der Waals surface area contributed by atoms with Crippen LogP contribution >= 0.6 is 0 Å². The highest BCUT2D eigenvalue weighted by Crippen LogP contribution is 2.40. The molecule has 0 atom stereocenters. The van der Waals surface area contributed by atoms with Gasteiger partial charge in [-0.15, -0.1) is 0 Å². The maximum atomic E-state index is 12.3. The van der Waals surface area contributed by atoms with Crippen LogP contribution < -0.4 is 0 Å². The quantitative estimate of drug-likeness (QED) is 0.699. The Morgan fingerprint density at radius 2 is 1.93 bits per heavy atom. The van der Waals surface area contributed by atoms with E-state index in [-0.39, 0.29) is 5.92 Å². The molecule has 1 aliphatic carbocycles. The third kappa shape index (κ3) is 1.86. The van der Waals surface area contributed by atoms with Gasteiger partial charge in [0.1, 0.15) is 0 Å². The normalized spacial score (nSPS) is 17.1. The maximum absolute atomic E-state index is 12.3. The first kappa shape index (κ1) is 9.43. The van der Waals surface area contributed by atoms with Crippen LogP contribution in [0, 0.1) is 6.92 Å². The fourth-order valence-electron chi connectivity index (χ4n) is 1.31. The summed E-state index contributed by atoms with van der Waals surface area (Å²) in [5.41, 5.74) is 0.916. The van der Waals surface area contributed by atoms with Gasteiger partial charge in [0.15, 0.2) is 0 Å². The second kappa shape index (κ2) is 2.93. The zero-order valence-electron chi connectivity index (χ0n) is 7.60. The number of halogens is 3. The van der Waals surface area contributed by atoms with Crippen molar-refractivity contribution in [2.45, 2.75) is 31.9 Å². The Morgan fingerprint density at radius 3 is 2.43 bits per heavy atom. The van der Waals surface area contributed by atoms with E-state index >= 15 is 0 Å². The second-order valence-electron chi connectivity index (χ2n) is 3.53. The van der Waals surface area contributed by atoms with Gasteiger partial charge in [0, 0.05) is 17.3 Å². The summed E-state index contributed by atoms with van der Waals surface area (Å²) < 4.78 is 36.9. The van der Waals surface area contributed by atoms with Gasteiger partial charge in [-0.2, -0.15) is 13.2 Å². The van der Waals surface area contributed by atoms with Crippen molar-refractivity contribution in [2.75, 3.05) is 0 Å². The van der Waals surface area contributed by atoms with Gasteiger partial charge in [-0.1, -0.05) is 0 Å². The average Bonchev–Trinajstić information content (AvgIpc) is 2.83. The molecule has 0 bridgehead atoms. The minimum atomic E-state index is -4.43. The molecular weight excluding hydrogens is 193 g/mol. The van der Waals surface area contributed by atoms with Crippen LogP contribution in [0.2, 0.25) is 0 Å². The summed E-state index contributed by atoms with van der Waals surface area (Å²) in [7, 11) is 0. The molecule has 1 aliphatic rings. The third-order valence-corrected chi connectivity index (χ3v) is 2.12. The van der Waals surface area contributed by atoms with E-state index in [0.29, 0.717) is 11.4 Å². The molecule has 0 aromatic carbocycles. The van der Waals surface area contributed by atoms with Crippen LogP contribution in [0.4, 0.5) is 13.2 Å². The summed E-state index contributed by atoms with van der Waals surface area (Å²) in [6, 6.07) is 1.63. The van der Waals surface area contributed by atoms with Gasteiger partial charge in [-0.3, -0.25) is 0 Å². The lowest BCUT2D eigenvalue weighted by molar-refractivity contribution is -0.145. The lowest BCUT2D eigenvalue weighted by Crippen LogP contribution is -2.13. The molecule has 0 spiro atoms. The predicted molar refractivity (Wildman–Crippen MR) is 43.7 cm³/mol. The summed E-state index contributed by atoms with van der Waals surface area (Å²) in [5, 5.41) is 0. The number of aromatic nitrogens is 2. The lowest BCUT2D eigenvalue weighted by Gasteiger charge is -2.07. The van der Waals surface area contributed by atoms with Crippen molar-refractivity contribution in [3.63, 3.8) is 0 Å². The van der Waals surface area contributed by atoms with Crippen LogP contribution in [0.3, 0.4) is 0 Å². The summed E-state index contributed by atoms with van der Waals surface area (Å²) in [6.45, 7) is 1.56. The lowest BCUT2D eigenvalue weighted by atomic mass is 10.2. The van der Waals surface area contributed by atoms with E-state index < -0.39 is 12.0 Å². The van der Waals surface area contributed by atoms with Crippen molar-refractivity contribution in [1.82, 2.24) is 9.97 Å². The van der Waals surface area contributed by atoms with Crippen molar-refractivity contribution < 1.29 is 13.2 Å². The fraction of sp³-hybridized carbons (Fsp3) is 0.556. The van der Waals surface area contributed by atoms with E-state index in [1.807, 2.05) is 0 Å². The summed E-state index contributed by atoms with van der Waals surface area (Å²) >= 11 is 0. The van der Waals surface area contributed by atoms with E-state index in [1.54, 1.807) is 13.0 Å². The second-order valence-corrected chi connectivity index (χ2v) is 3.53. The van der Waals surface area contributed by atoms with Gasteiger partial charge in [0.05, 0.1) is 0 Å². The monoisotopic (exact) mass is 202 g/mol. The Bertz CT molecular complexity index is 356. The standard InChI is InChI=1S/C9H9F3N2/c1-5-4-7(6-2-3-6)14-8(13-5)9(10,11)12/h4,6H,2-3H2,1H3. The summed E-state index contributed by atoms with van der Waals surface area (Å²) in [4.78, 5) is 6.91. The van der Waals surface area contributed by atoms with Crippen molar-refractivity contribution in [3.8, 4) is 0 Å². The smallest absolute Gasteiger partial charge is 0.230 e. The van der Waals surface area contributed by atoms with Gasteiger partial charge in [0.25, 0.3) is 0 Å². The Morgan fingerprint density at radius 1 is 1.29 bits per heavy atom. The van der Waals surface area contributed by atoms with Crippen molar-refractivity contribution in [1.29, 1.82) is 0 Å². The molecule has 2 nitrogen and oxygen atoms in total. The van der Waals surface area contributed by atoms with Gasteiger partial charge < -0.3 is 0 Å². The number of hydrogen-bond acceptors (Lipinski definition) is 2. The van der Waals surface area contributed by atoms with Crippen LogP contribution in [0.25, 0.3) is 0 Å². The molecule has 0 unspecified atom stereocenters. The summed E-state index contributed by atoms with van der Waals surface area (Å²) in [6.07, 6.45) is -2.56. The largest absolute Gasteiger partial charge is 0.451 e. The molecule has 1 aromatic rings. The number of hydrogen-bond donors (Lipinski definition) is 0.